The minimum absolute atomic E-state index is 0.0819. The molecule has 1 aliphatic carbocycles. The van der Waals surface area contributed by atoms with Gasteiger partial charge in [-0.3, -0.25) is 4.79 Å². The Morgan fingerprint density at radius 1 is 1.17 bits per heavy atom. The summed E-state index contributed by atoms with van der Waals surface area (Å²) in [5.74, 6) is -1.50. The molecule has 0 aromatic heterocycles. The molecule has 0 radical (unpaired) electrons. The van der Waals surface area contributed by atoms with Gasteiger partial charge in [-0.15, -0.1) is 0 Å². The minimum Gasteiger partial charge on any atom is -0.342 e. The quantitative estimate of drug-likeness (QED) is 0.909. The first-order valence-electron chi connectivity index (χ1n) is 8.53. The van der Waals surface area contributed by atoms with Crippen LogP contribution in [-0.4, -0.2) is 37.0 Å². The summed E-state index contributed by atoms with van der Waals surface area (Å²) in [5.41, 5.74) is 0.469. The van der Waals surface area contributed by atoms with Crippen molar-refractivity contribution in [2.45, 2.75) is 31.6 Å². The molecule has 2 saturated heterocycles. The predicted molar refractivity (Wildman–Crippen MR) is 82.9 cm³/mol. The van der Waals surface area contributed by atoms with Crippen molar-refractivity contribution >= 4 is 5.91 Å². The van der Waals surface area contributed by atoms with Crippen LogP contribution in [0.5, 0.6) is 0 Å². The number of rotatable bonds is 2. The second-order valence-electron chi connectivity index (χ2n) is 7.34. The van der Waals surface area contributed by atoms with Gasteiger partial charge in [0.1, 0.15) is 11.6 Å². The summed E-state index contributed by atoms with van der Waals surface area (Å²) < 4.78 is 27.7. The molecule has 0 bridgehead atoms. The predicted octanol–water partition coefficient (Wildman–Crippen LogP) is 2.67. The van der Waals surface area contributed by atoms with Crippen LogP contribution in [0.3, 0.4) is 0 Å². The maximum Gasteiger partial charge on any atom is 0.226 e. The minimum atomic E-state index is -0.528. The van der Waals surface area contributed by atoms with Gasteiger partial charge in [0.05, 0.1) is 0 Å². The Kier molecular flexibility index (Phi) is 3.63. The van der Waals surface area contributed by atoms with Crippen molar-refractivity contribution in [1.82, 2.24) is 10.2 Å². The van der Waals surface area contributed by atoms with Crippen LogP contribution in [-0.2, 0) is 4.79 Å². The number of nitrogens with one attached hydrogen (secondary N) is 1. The first kappa shape index (κ1) is 15.1. The smallest absolute Gasteiger partial charge is 0.226 e. The molecule has 3 fully saturated rings. The number of likely N-dealkylation sites (tertiary alicyclic amines) is 1. The third kappa shape index (κ3) is 2.65. The molecule has 1 aromatic rings. The van der Waals surface area contributed by atoms with E-state index in [1.165, 1.54) is 24.6 Å². The normalized spacial score (nSPS) is 29.0. The Labute approximate surface area is 135 Å². The maximum absolute atomic E-state index is 13.8. The molecule has 1 saturated carbocycles. The van der Waals surface area contributed by atoms with Gasteiger partial charge < -0.3 is 10.2 Å². The Hall–Kier alpha value is -1.49. The SMILES string of the molecule is O=C(C1CC1c1c(F)cccc1F)N1CCC2(CCNC2)CC1. The number of hydrogen-bond donors (Lipinski definition) is 1. The number of hydrogen-bond acceptors (Lipinski definition) is 2. The maximum atomic E-state index is 13.8. The van der Waals surface area contributed by atoms with E-state index in [0.29, 0.717) is 11.8 Å². The van der Waals surface area contributed by atoms with Crippen LogP contribution >= 0.6 is 0 Å². The van der Waals surface area contributed by atoms with E-state index in [1.807, 2.05) is 4.90 Å². The van der Waals surface area contributed by atoms with Crippen molar-refractivity contribution in [3.05, 3.63) is 35.4 Å². The average Bonchev–Trinajstić information content (AvgIpc) is 3.20. The number of benzene rings is 1. The zero-order valence-electron chi connectivity index (χ0n) is 13.2. The third-order valence-electron chi connectivity index (χ3n) is 5.95. The standard InChI is InChI=1S/C18H22F2N2O/c19-14-2-1-3-15(20)16(14)12-10-13(12)17(23)22-8-5-18(6-9-22)4-7-21-11-18/h1-3,12-13,21H,4-11H2. The van der Waals surface area contributed by atoms with Crippen molar-refractivity contribution in [2.24, 2.45) is 11.3 Å². The Balaban J connectivity index is 1.40. The molecule has 124 valence electrons. The van der Waals surface area contributed by atoms with E-state index >= 15 is 0 Å². The fourth-order valence-electron chi connectivity index (χ4n) is 4.31. The highest BCUT2D eigenvalue weighted by molar-refractivity contribution is 5.83. The fraction of sp³-hybridized carbons (Fsp3) is 0.611. The first-order chi connectivity index (χ1) is 11.1. The molecule has 2 heterocycles. The van der Waals surface area contributed by atoms with Gasteiger partial charge in [-0.05, 0) is 49.8 Å². The Bertz CT molecular complexity index is 597. The summed E-state index contributed by atoms with van der Waals surface area (Å²) in [6.45, 7) is 3.69. The molecule has 1 spiro atoms. The van der Waals surface area contributed by atoms with Gasteiger partial charge in [0.25, 0.3) is 0 Å². The highest BCUT2D eigenvalue weighted by Gasteiger charge is 2.49. The molecule has 5 heteroatoms. The molecule has 3 aliphatic rings. The first-order valence-corrected chi connectivity index (χ1v) is 8.53. The topological polar surface area (TPSA) is 32.3 Å². The highest BCUT2D eigenvalue weighted by atomic mass is 19.1. The number of amides is 1. The van der Waals surface area contributed by atoms with Crippen molar-refractivity contribution in [3.8, 4) is 0 Å². The summed E-state index contributed by atoms with van der Waals surface area (Å²) >= 11 is 0. The van der Waals surface area contributed by atoms with Gasteiger partial charge in [-0.25, -0.2) is 8.78 Å². The molecule has 3 nitrogen and oxygen atoms in total. The van der Waals surface area contributed by atoms with Gasteiger partial charge in [-0.1, -0.05) is 6.07 Å². The Morgan fingerprint density at radius 2 is 1.87 bits per heavy atom. The average molecular weight is 320 g/mol. The summed E-state index contributed by atoms with van der Waals surface area (Å²) in [5, 5.41) is 3.42. The van der Waals surface area contributed by atoms with E-state index in [2.05, 4.69) is 5.32 Å². The number of carbonyl (C=O) groups excluding carboxylic acids is 1. The number of halogens is 2. The lowest BCUT2D eigenvalue weighted by Gasteiger charge is -2.39. The second-order valence-corrected chi connectivity index (χ2v) is 7.34. The van der Waals surface area contributed by atoms with Gasteiger partial charge in [0, 0.05) is 37.0 Å². The van der Waals surface area contributed by atoms with Crippen LogP contribution in [0.25, 0.3) is 0 Å². The molecule has 1 amide bonds. The molecule has 2 aliphatic heterocycles. The molecule has 2 atom stereocenters. The number of nitrogens with zero attached hydrogens (tertiary/aromatic N) is 1. The largest absolute Gasteiger partial charge is 0.342 e. The van der Waals surface area contributed by atoms with E-state index in [-0.39, 0.29) is 23.3 Å². The fourth-order valence-corrected chi connectivity index (χ4v) is 4.31. The van der Waals surface area contributed by atoms with Crippen molar-refractivity contribution in [2.75, 3.05) is 26.2 Å². The van der Waals surface area contributed by atoms with Gasteiger partial charge >= 0.3 is 0 Å². The van der Waals surface area contributed by atoms with Crippen molar-refractivity contribution in [3.63, 3.8) is 0 Å². The summed E-state index contributed by atoms with van der Waals surface area (Å²) in [6, 6.07) is 3.92. The monoisotopic (exact) mass is 320 g/mol. The molecule has 1 N–H and O–H groups in total. The third-order valence-corrected chi connectivity index (χ3v) is 5.95. The van der Waals surface area contributed by atoms with Crippen molar-refractivity contribution in [1.29, 1.82) is 0 Å². The lowest BCUT2D eigenvalue weighted by Crippen LogP contribution is -2.44. The lowest BCUT2D eigenvalue weighted by molar-refractivity contribution is -0.134. The van der Waals surface area contributed by atoms with E-state index in [1.54, 1.807) is 0 Å². The highest BCUT2D eigenvalue weighted by Crippen LogP contribution is 2.50. The van der Waals surface area contributed by atoms with E-state index in [0.717, 1.165) is 39.0 Å². The van der Waals surface area contributed by atoms with E-state index in [4.69, 9.17) is 0 Å². The molecule has 2 unspecified atom stereocenters. The summed E-state index contributed by atoms with van der Waals surface area (Å²) in [7, 11) is 0. The summed E-state index contributed by atoms with van der Waals surface area (Å²) in [6.07, 6.45) is 3.84. The van der Waals surface area contributed by atoms with E-state index < -0.39 is 11.6 Å². The Morgan fingerprint density at radius 3 is 2.48 bits per heavy atom. The van der Waals surface area contributed by atoms with E-state index in [9.17, 15) is 13.6 Å². The molecule has 23 heavy (non-hydrogen) atoms. The second kappa shape index (κ2) is 5.55. The van der Waals surface area contributed by atoms with Crippen LogP contribution in [0.4, 0.5) is 8.78 Å². The molecular weight excluding hydrogens is 298 g/mol. The molecule has 4 rings (SSSR count). The molecular formula is C18H22F2N2O. The number of piperidine rings is 1. The zero-order valence-corrected chi connectivity index (χ0v) is 13.2. The van der Waals surface area contributed by atoms with Gasteiger partial charge in [0.2, 0.25) is 5.91 Å². The van der Waals surface area contributed by atoms with Crippen LogP contribution in [0.15, 0.2) is 18.2 Å². The summed E-state index contributed by atoms with van der Waals surface area (Å²) in [4.78, 5) is 14.5. The lowest BCUT2D eigenvalue weighted by atomic mass is 9.78. The van der Waals surface area contributed by atoms with Crippen LogP contribution in [0, 0.1) is 23.0 Å². The zero-order chi connectivity index (χ0) is 16.0. The van der Waals surface area contributed by atoms with Crippen LogP contribution < -0.4 is 5.32 Å². The number of carbonyl (C=O) groups is 1. The van der Waals surface area contributed by atoms with Crippen LogP contribution in [0.2, 0.25) is 0 Å². The van der Waals surface area contributed by atoms with Crippen molar-refractivity contribution < 1.29 is 13.6 Å². The van der Waals surface area contributed by atoms with Gasteiger partial charge in [0.15, 0.2) is 0 Å². The van der Waals surface area contributed by atoms with Gasteiger partial charge in [-0.2, -0.15) is 0 Å². The molecule has 1 aromatic carbocycles. The van der Waals surface area contributed by atoms with Crippen LogP contribution in [0.1, 0.15) is 37.2 Å².